The summed E-state index contributed by atoms with van der Waals surface area (Å²) < 4.78 is 28.0. The van der Waals surface area contributed by atoms with E-state index in [2.05, 4.69) is 5.32 Å². The van der Waals surface area contributed by atoms with Gasteiger partial charge in [0.1, 0.15) is 18.1 Å². The summed E-state index contributed by atoms with van der Waals surface area (Å²) in [6.07, 6.45) is -5.44. The zero-order chi connectivity index (χ0) is 34.5. The van der Waals surface area contributed by atoms with E-state index in [4.69, 9.17) is 23.7 Å². The second kappa shape index (κ2) is 15.4. The zero-order valence-corrected chi connectivity index (χ0v) is 28.0. The largest absolute Gasteiger partial charge is 0.456 e. The van der Waals surface area contributed by atoms with Crippen LogP contribution in [0.15, 0.2) is 48.5 Å². The molecule has 2 heterocycles. The molecule has 0 bridgehead atoms. The zero-order valence-electron chi connectivity index (χ0n) is 27.2. The molecule has 0 spiro atoms. The maximum atomic E-state index is 13.3. The lowest BCUT2D eigenvalue weighted by Crippen LogP contribution is -2.59. The standard InChI is InChI=1S/C34H40N2O11S/c1-18-29(45-19(2)37)30(46-20(3)38)31(47-21(4)39)33(44-18)48-14-13-35-32(41)28-15-22(40)16-36(28)34(42)43-17-27-25-11-7-5-9-23(25)24-10-6-8-12-26(24)27/h5-12,18,22,27-31,33,40H,13-17H2,1-4H3,(H,35,41)/t18-,22+,28-,29+,30+,31-,33-/m0/s1. The van der Waals surface area contributed by atoms with Gasteiger partial charge in [-0.05, 0) is 29.2 Å². The molecular formula is C34H40N2O11S. The molecule has 3 aliphatic rings. The second-order valence-corrected chi connectivity index (χ2v) is 13.2. The SMILES string of the molecule is CC(=O)O[C@@H]1[C@H](OC(C)=O)[C@H](C)O[C@@H](SCCNC(=O)[C@@H]2C[C@@H](O)CN2C(=O)OCC2c3ccccc3-c3ccccc32)[C@H]1OC(C)=O. The Hall–Kier alpha value is -4.14. The van der Waals surface area contributed by atoms with Crippen molar-refractivity contribution in [2.24, 2.45) is 0 Å². The number of likely N-dealkylation sites (tertiary alicyclic amines) is 1. The Morgan fingerprint density at radius 3 is 2.04 bits per heavy atom. The fourth-order valence-corrected chi connectivity index (χ4v) is 7.62. The van der Waals surface area contributed by atoms with Crippen LogP contribution in [0.1, 0.15) is 51.2 Å². The minimum absolute atomic E-state index is 0.0393. The van der Waals surface area contributed by atoms with E-state index in [0.717, 1.165) is 22.3 Å². The van der Waals surface area contributed by atoms with Crippen molar-refractivity contribution in [1.82, 2.24) is 10.2 Å². The predicted molar refractivity (Wildman–Crippen MR) is 173 cm³/mol. The van der Waals surface area contributed by atoms with Crippen LogP contribution in [0.3, 0.4) is 0 Å². The lowest BCUT2D eigenvalue weighted by atomic mass is 9.98. The van der Waals surface area contributed by atoms with Crippen molar-refractivity contribution in [3.8, 4) is 11.1 Å². The highest BCUT2D eigenvalue weighted by Crippen LogP contribution is 2.44. The number of β-amino-alcohol motifs (C(OH)–C–C–N with tert-alkyl or cyclic N) is 1. The molecule has 2 amide bonds. The van der Waals surface area contributed by atoms with Crippen LogP contribution in [-0.2, 0) is 42.9 Å². The lowest BCUT2D eigenvalue weighted by molar-refractivity contribution is -0.229. The maximum Gasteiger partial charge on any atom is 0.410 e. The van der Waals surface area contributed by atoms with Gasteiger partial charge in [-0.3, -0.25) is 24.1 Å². The van der Waals surface area contributed by atoms with Crippen molar-refractivity contribution in [3.63, 3.8) is 0 Å². The van der Waals surface area contributed by atoms with E-state index >= 15 is 0 Å². The quantitative estimate of drug-likeness (QED) is 0.214. The first kappa shape index (κ1) is 35.2. The number of thioether (sulfide) groups is 1. The summed E-state index contributed by atoms with van der Waals surface area (Å²) in [4.78, 5) is 63.3. The Balaban J connectivity index is 1.17. The third-order valence-corrected chi connectivity index (χ3v) is 9.62. The predicted octanol–water partition coefficient (Wildman–Crippen LogP) is 2.76. The summed E-state index contributed by atoms with van der Waals surface area (Å²) >= 11 is 1.21. The molecule has 5 rings (SSSR count). The van der Waals surface area contributed by atoms with Crippen LogP contribution in [-0.4, -0.2) is 107 Å². The van der Waals surface area contributed by atoms with Gasteiger partial charge in [0.2, 0.25) is 5.91 Å². The van der Waals surface area contributed by atoms with Gasteiger partial charge in [-0.2, -0.15) is 0 Å². The summed E-state index contributed by atoms with van der Waals surface area (Å²) in [6, 6.07) is 15.0. The van der Waals surface area contributed by atoms with Crippen LogP contribution in [0.25, 0.3) is 11.1 Å². The number of benzene rings is 2. The van der Waals surface area contributed by atoms with E-state index in [-0.39, 0.29) is 37.8 Å². The van der Waals surface area contributed by atoms with Gasteiger partial charge in [-0.15, -0.1) is 11.8 Å². The minimum atomic E-state index is -1.11. The molecule has 258 valence electrons. The third kappa shape index (κ3) is 7.93. The molecule has 13 nitrogen and oxygen atoms in total. The van der Waals surface area contributed by atoms with Crippen molar-refractivity contribution < 1.29 is 52.8 Å². The average molecular weight is 685 g/mol. The molecule has 1 aliphatic carbocycles. The monoisotopic (exact) mass is 684 g/mol. The number of nitrogens with one attached hydrogen (secondary N) is 1. The maximum absolute atomic E-state index is 13.3. The van der Waals surface area contributed by atoms with E-state index in [1.807, 2.05) is 48.5 Å². The number of esters is 3. The summed E-state index contributed by atoms with van der Waals surface area (Å²) in [5, 5.41) is 13.2. The van der Waals surface area contributed by atoms with Gasteiger partial charge in [0.25, 0.3) is 0 Å². The second-order valence-electron chi connectivity index (χ2n) is 12.0. The number of nitrogens with zero attached hydrogens (tertiary/aromatic N) is 1. The van der Waals surface area contributed by atoms with Crippen LogP contribution in [0.2, 0.25) is 0 Å². The number of carbonyl (C=O) groups is 5. The molecular weight excluding hydrogens is 644 g/mol. The highest BCUT2D eigenvalue weighted by atomic mass is 32.2. The topological polar surface area (TPSA) is 167 Å². The first-order chi connectivity index (χ1) is 22.9. The van der Waals surface area contributed by atoms with E-state index in [9.17, 15) is 29.1 Å². The highest BCUT2D eigenvalue weighted by molar-refractivity contribution is 7.99. The van der Waals surface area contributed by atoms with Gasteiger partial charge in [0.05, 0.1) is 18.8 Å². The van der Waals surface area contributed by atoms with Crippen LogP contribution < -0.4 is 5.32 Å². The summed E-state index contributed by atoms with van der Waals surface area (Å²) in [6.45, 7) is 5.43. The Labute approximate surface area is 282 Å². The van der Waals surface area contributed by atoms with Gasteiger partial charge in [-0.25, -0.2) is 4.79 Å². The first-order valence-corrected chi connectivity index (χ1v) is 16.9. The molecule has 2 N–H and O–H groups in total. The van der Waals surface area contributed by atoms with Gasteiger partial charge in [0.15, 0.2) is 18.3 Å². The highest BCUT2D eigenvalue weighted by Gasteiger charge is 2.50. The molecule has 0 saturated carbocycles. The molecule has 7 atom stereocenters. The molecule has 0 aromatic heterocycles. The third-order valence-electron chi connectivity index (χ3n) is 8.47. The lowest BCUT2D eigenvalue weighted by Gasteiger charge is -2.43. The van der Waals surface area contributed by atoms with Gasteiger partial charge >= 0.3 is 24.0 Å². The fraction of sp³-hybridized carbons (Fsp3) is 0.500. The first-order valence-electron chi connectivity index (χ1n) is 15.8. The Kier molecular flexibility index (Phi) is 11.3. The summed E-state index contributed by atoms with van der Waals surface area (Å²) in [5.41, 5.74) is 3.50. The Bertz CT molecular complexity index is 1490. The van der Waals surface area contributed by atoms with Gasteiger partial charge in [0, 0.05) is 45.4 Å². The number of hydrogen-bond acceptors (Lipinski definition) is 12. The van der Waals surface area contributed by atoms with Crippen LogP contribution in [0, 0.1) is 0 Å². The normalized spacial score (nSPS) is 26.2. The molecule has 2 aromatic carbocycles. The fourth-order valence-electron chi connectivity index (χ4n) is 6.51. The molecule has 0 radical (unpaired) electrons. The molecule has 14 heteroatoms. The van der Waals surface area contributed by atoms with Crippen molar-refractivity contribution in [2.75, 3.05) is 25.4 Å². The molecule has 2 aromatic rings. The van der Waals surface area contributed by atoms with E-state index < -0.39 is 71.9 Å². The summed E-state index contributed by atoms with van der Waals surface area (Å²) in [5.74, 6) is -2.24. The number of carbonyl (C=O) groups excluding carboxylic acids is 5. The summed E-state index contributed by atoms with van der Waals surface area (Å²) in [7, 11) is 0. The minimum Gasteiger partial charge on any atom is -0.456 e. The van der Waals surface area contributed by atoms with Crippen molar-refractivity contribution in [1.29, 1.82) is 0 Å². The number of aliphatic hydroxyl groups excluding tert-OH is 1. The average Bonchev–Trinajstić information content (AvgIpc) is 3.59. The Morgan fingerprint density at radius 2 is 1.44 bits per heavy atom. The number of amides is 2. The van der Waals surface area contributed by atoms with Crippen LogP contribution in [0.5, 0.6) is 0 Å². The van der Waals surface area contributed by atoms with Crippen molar-refractivity contribution in [2.45, 2.75) is 82.0 Å². The molecule has 48 heavy (non-hydrogen) atoms. The number of aliphatic hydroxyl groups is 1. The van der Waals surface area contributed by atoms with E-state index in [0.29, 0.717) is 0 Å². The number of fused-ring (bicyclic) bond motifs is 3. The molecule has 2 fully saturated rings. The van der Waals surface area contributed by atoms with E-state index in [1.54, 1.807) is 6.92 Å². The van der Waals surface area contributed by atoms with Crippen LogP contribution in [0.4, 0.5) is 4.79 Å². The Morgan fingerprint density at radius 1 is 0.875 bits per heavy atom. The molecule has 2 aliphatic heterocycles. The smallest absolute Gasteiger partial charge is 0.410 e. The number of ether oxygens (including phenoxy) is 5. The van der Waals surface area contributed by atoms with Crippen LogP contribution >= 0.6 is 11.8 Å². The van der Waals surface area contributed by atoms with Crippen molar-refractivity contribution >= 4 is 41.7 Å². The molecule has 0 unspecified atom stereocenters. The van der Waals surface area contributed by atoms with E-state index in [1.165, 1.54) is 37.4 Å². The van der Waals surface area contributed by atoms with Crippen molar-refractivity contribution in [3.05, 3.63) is 59.7 Å². The number of hydrogen-bond donors (Lipinski definition) is 2. The van der Waals surface area contributed by atoms with Gasteiger partial charge < -0.3 is 34.1 Å². The van der Waals surface area contributed by atoms with Gasteiger partial charge in [-0.1, -0.05) is 48.5 Å². The molecule has 2 saturated heterocycles. The number of rotatable bonds is 10.